The highest BCUT2D eigenvalue weighted by Gasteiger charge is 2.25. The number of carbonyl (C=O) groups excluding carboxylic acids is 1. The molecule has 0 bridgehead atoms. The molecule has 1 fully saturated rings. The summed E-state index contributed by atoms with van der Waals surface area (Å²) in [7, 11) is 0. The maximum atomic E-state index is 12.3. The van der Waals surface area contributed by atoms with Gasteiger partial charge in [-0.25, -0.2) is 4.98 Å². The minimum atomic E-state index is -0.508. The molecule has 3 heterocycles. The van der Waals surface area contributed by atoms with Gasteiger partial charge >= 0.3 is 0 Å². The predicted molar refractivity (Wildman–Crippen MR) is 106 cm³/mol. The minimum absolute atomic E-state index is 0. The lowest BCUT2D eigenvalue weighted by molar-refractivity contribution is -0.121. The number of piperidine rings is 1. The molecule has 2 N–H and O–H groups in total. The van der Waals surface area contributed by atoms with Gasteiger partial charge in [-0.3, -0.25) is 14.2 Å². The van der Waals surface area contributed by atoms with Crippen LogP contribution in [0.4, 0.5) is 0 Å². The van der Waals surface area contributed by atoms with Gasteiger partial charge < -0.3 is 10.4 Å². The summed E-state index contributed by atoms with van der Waals surface area (Å²) in [6.45, 7) is 0.762. The molecule has 10 heteroatoms. The van der Waals surface area contributed by atoms with Gasteiger partial charge in [0.05, 0.1) is 28.8 Å². The molecule has 0 radical (unpaired) electrons. The van der Waals surface area contributed by atoms with E-state index >= 15 is 0 Å². The maximum absolute atomic E-state index is 12.3. The Labute approximate surface area is 168 Å². The zero-order valence-electron chi connectivity index (χ0n) is 12.6. The first-order valence-electron chi connectivity index (χ1n) is 7.12. The van der Waals surface area contributed by atoms with Crippen molar-refractivity contribution in [3.05, 3.63) is 27.1 Å². The number of carbonyl (C=O) groups is 1. The van der Waals surface area contributed by atoms with E-state index in [9.17, 15) is 14.7 Å². The summed E-state index contributed by atoms with van der Waals surface area (Å²) in [6.07, 6.45) is 2.68. The van der Waals surface area contributed by atoms with Crippen LogP contribution >= 0.6 is 56.9 Å². The second-order valence-electron chi connectivity index (χ2n) is 5.46. The SMILES string of the molecule is Br.Br.O=C(CC1NCCCC1O)Cn1cnc2cc(Cl)sc2c1=O. The number of fused-ring (bicyclic) bond motifs is 1. The summed E-state index contributed by atoms with van der Waals surface area (Å²) in [5.74, 6) is -0.107. The number of ketones is 1. The Morgan fingerprint density at radius 1 is 1.50 bits per heavy atom. The third-order valence-corrected chi connectivity index (χ3v) is 5.06. The number of rotatable bonds is 4. The molecular weight excluding hydrogens is 486 g/mol. The Kier molecular flexibility index (Phi) is 8.51. The Morgan fingerprint density at radius 3 is 2.96 bits per heavy atom. The molecular formula is C14H18Br2ClN3O3S. The van der Waals surface area contributed by atoms with Gasteiger partial charge in [0, 0.05) is 12.5 Å². The van der Waals surface area contributed by atoms with Crippen molar-refractivity contribution >= 4 is 72.9 Å². The van der Waals surface area contributed by atoms with Crippen LogP contribution in [-0.4, -0.2) is 39.1 Å². The van der Waals surface area contributed by atoms with Gasteiger partial charge in [-0.2, -0.15) is 0 Å². The van der Waals surface area contributed by atoms with E-state index in [0.717, 1.165) is 24.3 Å². The molecule has 0 saturated carbocycles. The maximum Gasteiger partial charge on any atom is 0.271 e. The number of aliphatic hydroxyl groups excluding tert-OH is 1. The first kappa shape index (κ1) is 21.7. The van der Waals surface area contributed by atoms with Crippen molar-refractivity contribution in [2.75, 3.05) is 6.54 Å². The molecule has 2 aromatic rings. The van der Waals surface area contributed by atoms with Gasteiger partial charge in [-0.15, -0.1) is 45.3 Å². The van der Waals surface area contributed by atoms with Gasteiger partial charge in [0.2, 0.25) is 0 Å². The number of nitrogens with one attached hydrogen (secondary N) is 1. The van der Waals surface area contributed by atoms with Crippen LogP contribution in [0, 0.1) is 0 Å². The van der Waals surface area contributed by atoms with Crippen molar-refractivity contribution in [1.82, 2.24) is 14.9 Å². The molecule has 0 spiro atoms. The van der Waals surface area contributed by atoms with Crippen LogP contribution in [0.25, 0.3) is 10.2 Å². The minimum Gasteiger partial charge on any atom is -0.391 e. The number of hydrogen-bond donors (Lipinski definition) is 2. The summed E-state index contributed by atoms with van der Waals surface area (Å²) in [4.78, 5) is 28.6. The lowest BCUT2D eigenvalue weighted by Crippen LogP contribution is -2.46. The van der Waals surface area contributed by atoms with E-state index in [1.807, 2.05) is 0 Å². The fourth-order valence-corrected chi connectivity index (χ4v) is 3.79. The van der Waals surface area contributed by atoms with Gasteiger partial charge in [-0.05, 0) is 25.5 Å². The lowest BCUT2D eigenvalue weighted by Gasteiger charge is -2.28. The number of aliphatic hydroxyl groups is 1. The highest BCUT2D eigenvalue weighted by atomic mass is 79.9. The van der Waals surface area contributed by atoms with Crippen molar-refractivity contribution in [1.29, 1.82) is 0 Å². The van der Waals surface area contributed by atoms with Crippen LogP contribution in [0.5, 0.6) is 0 Å². The number of nitrogens with zero attached hydrogens (tertiary/aromatic N) is 2. The zero-order valence-corrected chi connectivity index (χ0v) is 17.6. The molecule has 2 unspecified atom stereocenters. The topological polar surface area (TPSA) is 84.2 Å². The zero-order chi connectivity index (χ0) is 15.7. The van der Waals surface area contributed by atoms with Crippen molar-refractivity contribution < 1.29 is 9.90 Å². The highest BCUT2D eigenvalue weighted by Crippen LogP contribution is 2.24. The third kappa shape index (κ3) is 4.86. The Morgan fingerprint density at radius 2 is 2.25 bits per heavy atom. The summed E-state index contributed by atoms with van der Waals surface area (Å²) >= 11 is 7.05. The van der Waals surface area contributed by atoms with E-state index in [1.165, 1.54) is 10.9 Å². The molecule has 1 saturated heterocycles. The Hall–Kier alpha value is -0.320. The monoisotopic (exact) mass is 501 g/mol. The van der Waals surface area contributed by atoms with Crippen LogP contribution in [0.15, 0.2) is 17.2 Å². The molecule has 3 rings (SSSR count). The van der Waals surface area contributed by atoms with Gasteiger partial charge in [0.1, 0.15) is 4.70 Å². The van der Waals surface area contributed by atoms with E-state index in [0.29, 0.717) is 21.0 Å². The first-order chi connectivity index (χ1) is 10.5. The number of thiophene rings is 1. The molecule has 6 nitrogen and oxygen atoms in total. The highest BCUT2D eigenvalue weighted by molar-refractivity contribution is 8.93. The van der Waals surface area contributed by atoms with Gasteiger partial charge in [0.15, 0.2) is 5.78 Å². The molecule has 0 aliphatic carbocycles. The van der Waals surface area contributed by atoms with Gasteiger partial charge in [0.25, 0.3) is 5.56 Å². The fourth-order valence-electron chi connectivity index (χ4n) is 2.67. The summed E-state index contributed by atoms with van der Waals surface area (Å²) in [5.41, 5.74) is 0.292. The van der Waals surface area contributed by atoms with E-state index in [2.05, 4.69) is 10.3 Å². The molecule has 1 aliphatic heterocycles. The average molecular weight is 504 g/mol. The van der Waals surface area contributed by atoms with Crippen LogP contribution < -0.4 is 10.9 Å². The smallest absolute Gasteiger partial charge is 0.271 e. The van der Waals surface area contributed by atoms with Crippen LogP contribution in [0.2, 0.25) is 4.34 Å². The predicted octanol–water partition coefficient (Wildman–Crippen LogP) is 2.34. The first-order valence-corrected chi connectivity index (χ1v) is 8.31. The largest absolute Gasteiger partial charge is 0.391 e. The van der Waals surface area contributed by atoms with Crippen molar-refractivity contribution in [2.24, 2.45) is 0 Å². The number of aromatic nitrogens is 2. The number of halogens is 3. The quantitative estimate of drug-likeness (QED) is 0.669. The van der Waals surface area contributed by atoms with Gasteiger partial charge in [-0.1, -0.05) is 11.6 Å². The van der Waals surface area contributed by atoms with Crippen LogP contribution in [0.3, 0.4) is 0 Å². The normalized spacial score (nSPS) is 20.2. The molecule has 0 aromatic carbocycles. The molecule has 2 atom stereocenters. The summed E-state index contributed by atoms with van der Waals surface area (Å²) in [5, 5.41) is 13.0. The average Bonchev–Trinajstić information content (AvgIpc) is 2.86. The Balaban J connectivity index is 0.00000144. The standard InChI is InChI=1S/C14H16ClN3O3S.2BrH/c15-12-5-10-13(22-12)14(21)18(7-17-10)6-8(19)4-9-11(20)2-1-3-16-9;;/h5,7,9,11,16,20H,1-4,6H2;2*1H. The van der Waals surface area contributed by atoms with Crippen molar-refractivity contribution in [3.63, 3.8) is 0 Å². The second-order valence-corrected chi connectivity index (χ2v) is 7.14. The third-order valence-electron chi connectivity index (χ3n) is 3.82. The van der Waals surface area contributed by atoms with E-state index in [4.69, 9.17) is 11.6 Å². The van der Waals surface area contributed by atoms with E-state index < -0.39 is 6.10 Å². The van der Waals surface area contributed by atoms with E-state index in [-0.39, 0.29) is 64.3 Å². The van der Waals surface area contributed by atoms with Crippen molar-refractivity contribution in [2.45, 2.75) is 38.0 Å². The molecule has 0 amide bonds. The van der Waals surface area contributed by atoms with E-state index in [1.54, 1.807) is 6.07 Å². The van der Waals surface area contributed by atoms with Crippen molar-refractivity contribution in [3.8, 4) is 0 Å². The number of Topliss-reactive ketones (excluding diaryl/α,β-unsaturated/α-hetero) is 1. The second kappa shape index (κ2) is 9.40. The number of hydrogen-bond acceptors (Lipinski definition) is 6. The van der Waals surface area contributed by atoms with Crippen LogP contribution in [-0.2, 0) is 11.3 Å². The molecule has 1 aliphatic rings. The fraction of sp³-hybridized carbons (Fsp3) is 0.500. The summed E-state index contributed by atoms with van der Waals surface area (Å²) < 4.78 is 2.25. The molecule has 24 heavy (non-hydrogen) atoms. The molecule has 2 aromatic heterocycles. The summed E-state index contributed by atoms with van der Waals surface area (Å²) in [6, 6.07) is 1.40. The van der Waals surface area contributed by atoms with Crippen LogP contribution in [0.1, 0.15) is 19.3 Å². The Bertz CT molecular complexity index is 767. The lowest BCUT2D eigenvalue weighted by atomic mass is 9.97. The molecule has 134 valence electrons.